The van der Waals surface area contributed by atoms with Gasteiger partial charge in [-0.2, -0.15) is 0 Å². The van der Waals surface area contributed by atoms with Crippen molar-refractivity contribution in [2.24, 2.45) is 0 Å². The molecule has 25 heavy (non-hydrogen) atoms. The Hall–Kier alpha value is -1.96. The number of carbonyl (C=O) groups is 1. The van der Waals surface area contributed by atoms with Gasteiger partial charge in [-0.15, -0.1) is 10.2 Å². The molecular formula is C17H23N5O2S. The monoisotopic (exact) mass is 361 g/mol. The summed E-state index contributed by atoms with van der Waals surface area (Å²) in [6, 6.07) is 4.20. The van der Waals surface area contributed by atoms with Gasteiger partial charge in [0.1, 0.15) is 5.76 Å². The normalized spacial score (nSPS) is 18.5. The van der Waals surface area contributed by atoms with Crippen molar-refractivity contribution in [3.8, 4) is 0 Å². The molecule has 1 saturated heterocycles. The van der Waals surface area contributed by atoms with Gasteiger partial charge in [-0.25, -0.2) is 0 Å². The average Bonchev–Trinajstić information content (AvgIpc) is 3.03. The lowest BCUT2D eigenvalue weighted by Gasteiger charge is -2.18. The molecule has 1 amide bonds. The van der Waals surface area contributed by atoms with Crippen molar-refractivity contribution in [1.82, 2.24) is 20.1 Å². The molecule has 1 atom stereocenters. The predicted molar refractivity (Wildman–Crippen MR) is 95.8 cm³/mol. The van der Waals surface area contributed by atoms with Crippen LogP contribution in [0.4, 0.5) is 5.95 Å². The second-order valence-electron chi connectivity index (χ2n) is 6.69. The molecule has 8 heteroatoms. The van der Waals surface area contributed by atoms with E-state index in [0.717, 1.165) is 42.8 Å². The highest BCUT2D eigenvalue weighted by Gasteiger charge is 2.28. The van der Waals surface area contributed by atoms with Gasteiger partial charge in [0.2, 0.25) is 11.9 Å². The van der Waals surface area contributed by atoms with Gasteiger partial charge in [-0.05, 0) is 44.7 Å². The van der Waals surface area contributed by atoms with Crippen molar-refractivity contribution < 1.29 is 9.21 Å². The van der Waals surface area contributed by atoms with E-state index in [1.807, 2.05) is 19.1 Å². The minimum Gasteiger partial charge on any atom is -0.467 e. The Morgan fingerprint density at radius 1 is 1.40 bits per heavy atom. The molecule has 1 saturated carbocycles. The number of rotatable bonds is 7. The minimum absolute atomic E-state index is 0.0720. The van der Waals surface area contributed by atoms with Crippen LogP contribution in [0.25, 0.3) is 0 Å². The van der Waals surface area contributed by atoms with E-state index in [1.165, 1.54) is 24.6 Å². The van der Waals surface area contributed by atoms with E-state index in [-0.39, 0.29) is 11.2 Å². The van der Waals surface area contributed by atoms with E-state index < -0.39 is 0 Å². The quantitative estimate of drug-likeness (QED) is 0.763. The highest BCUT2D eigenvalue weighted by molar-refractivity contribution is 8.00. The van der Waals surface area contributed by atoms with E-state index in [0.29, 0.717) is 12.6 Å². The molecule has 2 aromatic rings. The van der Waals surface area contributed by atoms with Gasteiger partial charge in [-0.1, -0.05) is 11.8 Å². The van der Waals surface area contributed by atoms with Crippen LogP contribution in [0.2, 0.25) is 0 Å². The number of hydrogen-bond acceptors (Lipinski definition) is 6. The Balaban J connectivity index is 1.54. The number of hydrogen-bond donors (Lipinski definition) is 1. The van der Waals surface area contributed by atoms with Crippen LogP contribution in [0.15, 0.2) is 28.0 Å². The third-order valence-electron chi connectivity index (χ3n) is 4.56. The summed E-state index contributed by atoms with van der Waals surface area (Å²) in [6.45, 7) is 4.49. The zero-order chi connectivity index (χ0) is 17.2. The molecule has 0 bridgehead atoms. The van der Waals surface area contributed by atoms with E-state index >= 15 is 0 Å². The first-order valence-electron chi connectivity index (χ1n) is 8.88. The Morgan fingerprint density at radius 2 is 2.20 bits per heavy atom. The second-order valence-corrected chi connectivity index (χ2v) is 7.99. The lowest BCUT2D eigenvalue weighted by Crippen LogP contribution is -2.32. The van der Waals surface area contributed by atoms with Crippen LogP contribution in [0, 0.1) is 0 Å². The van der Waals surface area contributed by atoms with E-state index in [1.54, 1.807) is 6.26 Å². The Bertz CT molecular complexity index is 719. The number of thioether (sulfide) groups is 1. The zero-order valence-electron chi connectivity index (χ0n) is 14.4. The second kappa shape index (κ2) is 7.11. The topological polar surface area (TPSA) is 76.2 Å². The van der Waals surface area contributed by atoms with Gasteiger partial charge < -0.3 is 14.6 Å². The highest BCUT2D eigenvalue weighted by Crippen LogP contribution is 2.29. The molecule has 7 nitrogen and oxygen atoms in total. The number of nitrogens with one attached hydrogen (secondary N) is 1. The Labute approximate surface area is 151 Å². The molecule has 3 heterocycles. The van der Waals surface area contributed by atoms with E-state index in [2.05, 4.69) is 25.0 Å². The fourth-order valence-corrected chi connectivity index (χ4v) is 3.83. The number of anilines is 1. The first-order valence-corrected chi connectivity index (χ1v) is 9.76. The van der Waals surface area contributed by atoms with Crippen LogP contribution in [-0.4, -0.2) is 45.1 Å². The standard InChI is InChI=1S/C17H23N5O2S/c1-12(15(23)18-13-6-7-13)25-17-20-19-16(21-8-2-3-9-21)22(17)11-14-5-4-10-24-14/h4-5,10,12-13H,2-3,6-9,11H2,1H3,(H,18,23). The first-order chi connectivity index (χ1) is 12.2. The minimum atomic E-state index is -0.202. The molecule has 1 aliphatic heterocycles. The SMILES string of the molecule is CC(Sc1nnc(N2CCCC2)n1Cc1ccco1)C(=O)NC1CC1. The van der Waals surface area contributed by atoms with E-state index in [9.17, 15) is 4.79 Å². The summed E-state index contributed by atoms with van der Waals surface area (Å²) >= 11 is 1.46. The summed E-state index contributed by atoms with van der Waals surface area (Å²) in [7, 11) is 0. The third-order valence-corrected chi connectivity index (χ3v) is 5.64. The van der Waals surface area contributed by atoms with Crippen molar-refractivity contribution in [2.45, 2.75) is 55.6 Å². The number of carbonyl (C=O) groups excluding carboxylic acids is 1. The largest absolute Gasteiger partial charge is 0.467 e. The first kappa shape index (κ1) is 16.5. The Morgan fingerprint density at radius 3 is 2.88 bits per heavy atom. The van der Waals surface area contributed by atoms with Crippen LogP contribution in [0.5, 0.6) is 0 Å². The smallest absolute Gasteiger partial charge is 0.233 e. The zero-order valence-corrected chi connectivity index (χ0v) is 15.2. The summed E-state index contributed by atoms with van der Waals surface area (Å²) in [5.41, 5.74) is 0. The highest BCUT2D eigenvalue weighted by atomic mass is 32.2. The molecule has 1 N–H and O–H groups in total. The number of amides is 1. The molecule has 2 aromatic heterocycles. The van der Waals surface area contributed by atoms with Crippen LogP contribution in [-0.2, 0) is 11.3 Å². The van der Waals surface area contributed by atoms with Gasteiger partial charge in [0.25, 0.3) is 0 Å². The van der Waals surface area contributed by atoms with Crippen molar-refractivity contribution >= 4 is 23.6 Å². The number of aromatic nitrogens is 3. The fourth-order valence-electron chi connectivity index (χ4n) is 2.97. The molecule has 0 spiro atoms. The Kier molecular flexibility index (Phi) is 4.70. The number of nitrogens with zero attached hydrogens (tertiary/aromatic N) is 4. The molecule has 1 unspecified atom stereocenters. The average molecular weight is 361 g/mol. The maximum atomic E-state index is 12.3. The van der Waals surface area contributed by atoms with Crippen molar-refractivity contribution in [1.29, 1.82) is 0 Å². The maximum absolute atomic E-state index is 12.3. The fraction of sp³-hybridized carbons (Fsp3) is 0.588. The van der Waals surface area contributed by atoms with Gasteiger partial charge >= 0.3 is 0 Å². The molecule has 2 fully saturated rings. The summed E-state index contributed by atoms with van der Waals surface area (Å²) in [5, 5.41) is 12.4. The molecule has 0 aromatic carbocycles. The molecule has 0 radical (unpaired) electrons. The lowest BCUT2D eigenvalue weighted by molar-refractivity contribution is -0.120. The molecule has 134 valence electrons. The van der Waals surface area contributed by atoms with Crippen molar-refractivity contribution in [3.63, 3.8) is 0 Å². The summed E-state index contributed by atoms with van der Waals surface area (Å²) in [6.07, 6.45) is 6.22. The molecule has 2 aliphatic rings. The van der Waals surface area contributed by atoms with Gasteiger partial charge in [-0.3, -0.25) is 9.36 Å². The molecule has 1 aliphatic carbocycles. The molecule has 4 rings (SSSR count). The third kappa shape index (κ3) is 3.84. The lowest BCUT2D eigenvalue weighted by atomic mass is 10.4. The molecular weight excluding hydrogens is 338 g/mol. The van der Waals surface area contributed by atoms with Gasteiger partial charge in [0, 0.05) is 19.1 Å². The van der Waals surface area contributed by atoms with Crippen LogP contribution in [0.3, 0.4) is 0 Å². The van der Waals surface area contributed by atoms with Crippen LogP contribution < -0.4 is 10.2 Å². The van der Waals surface area contributed by atoms with E-state index in [4.69, 9.17) is 4.42 Å². The van der Waals surface area contributed by atoms with Gasteiger partial charge in [0.15, 0.2) is 5.16 Å². The van der Waals surface area contributed by atoms with Crippen LogP contribution >= 0.6 is 11.8 Å². The van der Waals surface area contributed by atoms with Crippen molar-refractivity contribution in [3.05, 3.63) is 24.2 Å². The summed E-state index contributed by atoms with van der Waals surface area (Å²) < 4.78 is 7.57. The van der Waals surface area contributed by atoms with Crippen LogP contribution in [0.1, 0.15) is 38.4 Å². The summed E-state index contributed by atoms with van der Waals surface area (Å²) in [4.78, 5) is 14.5. The number of furan rings is 1. The van der Waals surface area contributed by atoms with Crippen molar-refractivity contribution in [2.75, 3.05) is 18.0 Å². The maximum Gasteiger partial charge on any atom is 0.233 e. The summed E-state index contributed by atoms with van der Waals surface area (Å²) in [5.74, 6) is 1.80. The predicted octanol–water partition coefficient (Wildman–Crippen LogP) is 2.28. The van der Waals surface area contributed by atoms with Gasteiger partial charge in [0.05, 0.1) is 18.1 Å².